The number of carboxylic acid groups (broad SMARTS) is 1. The van der Waals surface area contributed by atoms with Crippen LogP contribution in [0.25, 0.3) is 21.9 Å². The highest BCUT2D eigenvalue weighted by molar-refractivity contribution is 6.02. The Morgan fingerprint density at radius 3 is 2.61 bits per heavy atom. The lowest BCUT2D eigenvalue weighted by Gasteiger charge is -2.12. The van der Waals surface area contributed by atoms with E-state index in [2.05, 4.69) is 0 Å². The summed E-state index contributed by atoms with van der Waals surface area (Å²) in [6, 6.07) is 16.4. The van der Waals surface area contributed by atoms with Gasteiger partial charge in [-0.2, -0.15) is 0 Å². The third-order valence-electron chi connectivity index (χ3n) is 3.81. The summed E-state index contributed by atoms with van der Waals surface area (Å²) < 4.78 is 5.45. The Morgan fingerprint density at radius 2 is 1.91 bits per heavy atom. The number of nitrogens with one attached hydrogen (secondary N) is 1. The van der Waals surface area contributed by atoms with Crippen LogP contribution in [0.3, 0.4) is 0 Å². The standard InChI is InChI=1S/C19H15NO3/c1-23-18-9-12(11-20)5-8-16(18)15-4-2-3-13-6-7-14(19(21)22)10-17(13)15/h2-11,20H,1H3,(H,21,22). The normalized spacial score (nSPS) is 10.5. The van der Waals surface area contributed by atoms with Crippen molar-refractivity contribution in [3.8, 4) is 16.9 Å². The van der Waals surface area contributed by atoms with Crippen LogP contribution in [0.4, 0.5) is 0 Å². The van der Waals surface area contributed by atoms with Crippen LogP contribution in [-0.2, 0) is 0 Å². The van der Waals surface area contributed by atoms with Gasteiger partial charge in [0.15, 0.2) is 0 Å². The van der Waals surface area contributed by atoms with E-state index in [0.29, 0.717) is 5.75 Å². The van der Waals surface area contributed by atoms with Gasteiger partial charge in [-0.25, -0.2) is 4.79 Å². The van der Waals surface area contributed by atoms with Crippen molar-refractivity contribution < 1.29 is 14.6 Å². The Kier molecular flexibility index (Phi) is 3.81. The number of fused-ring (bicyclic) bond motifs is 1. The van der Waals surface area contributed by atoms with Gasteiger partial charge in [-0.1, -0.05) is 30.3 Å². The molecule has 0 heterocycles. The van der Waals surface area contributed by atoms with Crippen LogP contribution in [-0.4, -0.2) is 24.4 Å². The van der Waals surface area contributed by atoms with Gasteiger partial charge in [0, 0.05) is 11.8 Å². The van der Waals surface area contributed by atoms with E-state index in [0.717, 1.165) is 27.5 Å². The van der Waals surface area contributed by atoms with E-state index < -0.39 is 5.97 Å². The minimum atomic E-state index is -0.951. The SMILES string of the molecule is COc1cc(C=N)ccc1-c1cccc2ccc(C(=O)O)cc12. The summed E-state index contributed by atoms with van der Waals surface area (Å²) >= 11 is 0. The molecule has 3 aromatic rings. The van der Waals surface area contributed by atoms with E-state index in [1.807, 2.05) is 30.3 Å². The largest absolute Gasteiger partial charge is 0.496 e. The van der Waals surface area contributed by atoms with E-state index in [1.54, 1.807) is 31.4 Å². The Bertz CT molecular complexity index is 916. The first-order valence-corrected chi connectivity index (χ1v) is 7.09. The topological polar surface area (TPSA) is 70.4 Å². The maximum absolute atomic E-state index is 11.2. The highest BCUT2D eigenvalue weighted by Crippen LogP contribution is 2.35. The molecule has 2 N–H and O–H groups in total. The Balaban J connectivity index is 2.29. The molecular weight excluding hydrogens is 290 g/mol. The zero-order valence-electron chi connectivity index (χ0n) is 12.5. The molecule has 4 heteroatoms. The fourth-order valence-electron chi connectivity index (χ4n) is 2.66. The molecule has 4 nitrogen and oxygen atoms in total. The van der Waals surface area contributed by atoms with E-state index in [9.17, 15) is 9.90 Å². The number of carbonyl (C=O) groups is 1. The van der Waals surface area contributed by atoms with Gasteiger partial charge >= 0.3 is 5.97 Å². The molecule has 0 unspecified atom stereocenters. The lowest BCUT2D eigenvalue weighted by Crippen LogP contribution is -1.96. The summed E-state index contributed by atoms with van der Waals surface area (Å²) in [5, 5.41) is 18.4. The molecule has 0 aliphatic carbocycles. The van der Waals surface area contributed by atoms with Crippen molar-refractivity contribution in [3.05, 3.63) is 65.7 Å². The smallest absolute Gasteiger partial charge is 0.335 e. The predicted molar refractivity (Wildman–Crippen MR) is 90.8 cm³/mol. The molecule has 0 fully saturated rings. The second kappa shape index (κ2) is 5.93. The molecule has 114 valence electrons. The number of aromatic carboxylic acids is 1. The molecule has 0 bridgehead atoms. The quantitative estimate of drug-likeness (QED) is 0.709. The maximum Gasteiger partial charge on any atom is 0.335 e. The van der Waals surface area contributed by atoms with Crippen molar-refractivity contribution >= 4 is 23.0 Å². The average molecular weight is 305 g/mol. The molecule has 3 aromatic carbocycles. The average Bonchev–Trinajstić information content (AvgIpc) is 2.60. The number of rotatable bonds is 4. The van der Waals surface area contributed by atoms with Gasteiger partial charge in [0.1, 0.15) is 5.75 Å². The third-order valence-corrected chi connectivity index (χ3v) is 3.81. The van der Waals surface area contributed by atoms with E-state index in [1.165, 1.54) is 6.21 Å². The molecule has 0 radical (unpaired) electrons. The first kappa shape index (κ1) is 14.8. The minimum Gasteiger partial charge on any atom is -0.496 e. The number of hydrogen-bond acceptors (Lipinski definition) is 3. The molecule has 0 aromatic heterocycles. The van der Waals surface area contributed by atoms with Crippen LogP contribution in [0.15, 0.2) is 54.6 Å². The summed E-state index contributed by atoms with van der Waals surface area (Å²) in [5.41, 5.74) is 2.77. The second-order valence-electron chi connectivity index (χ2n) is 5.15. The fraction of sp³-hybridized carbons (Fsp3) is 0.0526. The number of benzene rings is 3. The van der Waals surface area contributed by atoms with Gasteiger partial charge in [-0.05, 0) is 46.2 Å². The molecule has 0 saturated carbocycles. The zero-order chi connectivity index (χ0) is 16.4. The maximum atomic E-state index is 11.2. The van der Waals surface area contributed by atoms with Crippen LogP contribution in [0.2, 0.25) is 0 Å². The number of hydrogen-bond donors (Lipinski definition) is 2. The first-order valence-electron chi connectivity index (χ1n) is 7.09. The van der Waals surface area contributed by atoms with Crippen LogP contribution in [0.1, 0.15) is 15.9 Å². The second-order valence-corrected chi connectivity index (χ2v) is 5.15. The van der Waals surface area contributed by atoms with Gasteiger partial charge in [0.2, 0.25) is 0 Å². The number of methoxy groups -OCH3 is 1. The van der Waals surface area contributed by atoms with E-state index in [-0.39, 0.29) is 5.56 Å². The third kappa shape index (κ3) is 2.66. The molecule has 0 spiro atoms. The van der Waals surface area contributed by atoms with Crippen molar-refractivity contribution in [3.63, 3.8) is 0 Å². The van der Waals surface area contributed by atoms with Crippen LogP contribution in [0, 0.1) is 5.41 Å². The highest BCUT2D eigenvalue weighted by atomic mass is 16.5. The summed E-state index contributed by atoms with van der Waals surface area (Å²) in [6.07, 6.45) is 1.26. The van der Waals surface area contributed by atoms with E-state index in [4.69, 9.17) is 10.1 Å². The first-order chi connectivity index (χ1) is 11.1. The van der Waals surface area contributed by atoms with Crippen LogP contribution >= 0.6 is 0 Å². The van der Waals surface area contributed by atoms with Crippen molar-refractivity contribution in [1.82, 2.24) is 0 Å². The Labute approximate surface area is 133 Å². The van der Waals surface area contributed by atoms with Gasteiger partial charge in [0.05, 0.1) is 12.7 Å². The fourth-order valence-corrected chi connectivity index (χ4v) is 2.66. The van der Waals surface area contributed by atoms with Crippen molar-refractivity contribution in [2.75, 3.05) is 7.11 Å². The molecule has 0 aliphatic heterocycles. The van der Waals surface area contributed by atoms with E-state index >= 15 is 0 Å². The minimum absolute atomic E-state index is 0.250. The van der Waals surface area contributed by atoms with Gasteiger partial charge in [0.25, 0.3) is 0 Å². The lowest BCUT2D eigenvalue weighted by molar-refractivity contribution is 0.0697. The zero-order valence-corrected chi connectivity index (χ0v) is 12.5. The van der Waals surface area contributed by atoms with Gasteiger partial charge < -0.3 is 15.3 Å². The molecule has 0 saturated heterocycles. The molecular formula is C19H15NO3. The summed E-state index contributed by atoms with van der Waals surface area (Å²) in [7, 11) is 1.58. The summed E-state index contributed by atoms with van der Waals surface area (Å²) in [4.78, 5) is 11.2. The molecule has 3 rings (SSSR count). The molecule has 0 amide bonds. The predicted octanol–water partition coefficient (Wildman–Crippen LogP) is 4.21. The van der Waals surface area contributed by atoms with Crippen molar-refractivity contribution in [1.29, 1.82) is 5.41 Å². The lowest BCUT2D eigenvalue weighted by atomic mass is 9.95. The number of carboxylic acids is 1. The monoisotopic (exact) mass is 305 g/mol. The van der Waals surface area contributed by atoms with Crippen molar-refractivity contribution in [2.24, 2.45) is 0 Å². The summed E-state index contributed by atoms with van der Waals surface area (Å²) in [6.45, 7) is 0. The molecule has 23 heavy (non-hydrogen) atoms. The Morgan fingerprint density at radius 1 is 1.09 bits per heavy atom. The molecule has 0 aliphatic rings. The highest BCUT2D eigenvalue weighted by Gasteiger charge is 2.12. The van der Waals surface area contributed by atoms with Crippen molar-refractivity contribution in [2.45, 2.75) is 0 Å². The number of ether oxygens (including phenoxy) is 1. The van der Waals surface area contributed by atoms with Crippen LogP contribution < -0.4 is 4.74 Å². The summed E-state index contributed by atoms with van der Waals surface area (Å²) in [5.74, 6) is -0.299. The Hall–Kier alpha value is -3.14. The van der Waals surface area contributed by atoms with Crippen LogP contribution in [0.5, 0.6) is 5.75 Å². The molecule has 0 atom stereocenters. The van der Waals surface area contributed by atoms with Gasteiger partial charge in [-0.15, -0.1) is 0 Å². The van der Waals surface area contributed by atoms with Gasteiger partial charge in [-0.3, -0.25) is 0 Å².